The maximum atomic E-state index is 13.3. The van der Waals surface area contributed by atoms with Gasteiger partial charge in [-0.15, -0.1) is 0 Å². The van der Waals surface area contributed by atoms with Crippen LogP contribution in [0.5, 0.6) is 5.75 Å². The highest BCUT2D eigenvalue weighted by molar-refractivity contribution is 7.92. The molecule has 0 fully saturated rings. The molecular weight excluding hydrogens is 416 g/mol. The number of carbonyl (C=O) groups excluding carboxylic acids is 1. The SMILES string of the molecule is COCc1cccc(NC(=O)CN(c2ccccc2)S(=O)(=O)c2ccc(OC)cc2)c1. The lowest BCUT2D eigenvalue weighted by atomic mass is 10.2. The van der Waals surface area contributed by atoms with E-state index in [0.29, 0.717) is 23.7 Å². The molecule has 0 saturated carbocycles. The molecule has 0 heterocycles. The third-order valence-electron chi connectivity index (χ3n) is 4.50. The Labute approximate surface area is 182 Å². The van der Waals surface area contributed by atoms with Gasteiger partial charge in [-0.25, -0.2) is 8.42 Å². The fourth-order valence-corrected chi connectivity index (χ4v) is 4.44. The van der Waals surface area contributed by atoms with Crippen LogP contribution in [0.3, 0.4) is 0 Å². The van der Waals surface area contributed by atoms with E-state index < -0.39 is 15.9 Å². The average molecular weight is 441 g/mol. The Morgan fingerprint density at radius 2 is 1.65 bits per heavy atom. The van der Waals surface area contributed by atoms with Crippen LogP contribution in [-0.4, -0.2) is 35.1 Å². The van der Waals surface area contributed by atoms with Crippen molar-refractivity contribution in [2.45, 2.75) is 11.5 Å². The molecular formula is C23H24N2O5S. The van der Waals surface area contributed by atoms with Crippen molar-refractivity contribution >= 4 is 27.3 Å². The van der Waals surface area contributed by atoms with Gasteiger partial charge in [-0.3, -0.25) is 9.10 Å². The summed E-state index contributed by atoms with van der Waals surface area (Å²) in [6.45, 7) is 0.0264. The molecule has 0 aromatic heterocycles. The topological polar surface area (TPSA) is 84.9 Å². The fraction of sp³-hybridized carbons (Fsp3) is 0.174. The van der Waals surface area contributed by atoms with Crippen LogP contribution in [0.2, 0.25) is 0 Å². The maximum absolute atomic E-state index is 13.3. The van der Waals surface area contributed by atoms with Crippen molar-refractivity contribution in [1.29, 1.82) is 0 Å². The lowest BCUT2D eigenvalue weighted by Crippen LogP contribution is -2.38. The predicted molar refractivity (Wildman–Crippen MR) is 120 cm³/mol. The number of hydrogen-bond acceptors (Lipinski definition) is 5. The van der Waals surface area contributed by atoms with Gasteiger partial charge in [0, 0.05) is 12.8 Å². The lowest BCUT2D eigenvalue weighted by Gasteiger charge is -2.24. The van der Waals surface area contributed by atoms with Crippen molar-refractivity contribution in [3.05, 3.63) is 84.4 Å². The molecule has 0 aliphatic rings. The van der Waals surface area contributed by atoms with Crippen LogP contribution in [0.25, 0.3) is 0 Å². The van der Waals surface area contributed by atoms with Gasteiger partial charge < -0.3 is 14.8 Å². The number of methoxy groups -OCH3 is 2. The summed E-state index contributed by atoms with van der Waals surface area (Å²) < 4.78 is 38.0. The number of amides is 1. The molecule has 0 bridgehead atoms. The van der Waals surface area contributed by atoms with Crippen molar-refractivity contribution < 1.29 is 22.7 Å². The standard InChI is InChI=1S/C23H24N2O5S/c1-29-17-18-7-6-8-19(15-18)24-23(26)16-25(20-9-4-3-5-10-20)31(27,28)22-13-11-21(30-2)12-14-22/h3-15H,16-17H2,1-2H3,(H,24,26). The highest BCUT2D eigenvalue weighted by atomic mass is 32.2. The van der Waals surface area contributed by atoms with Gasteiger partial charge in [0.1, 0.15) is 12.3 Å². The highest BCUT2D eigenvalue weighted by Gasteiger charge is 2.27. The zero-order chi connectivity index (χ0) is 22.3. The summed E-state index contributed by atoms with van der Waals surface area (Å²) in [6.07, 6.45) is 0. The molecule has 0 saturated heterocycles. The van der Waals surface area contributed by atoms with E-state index in [2.05, 4.69) is 5.32 Å². The molecule has 3 rings (SSSR count). The van der Waals surface area contributed by atoms with Gasteiger partial charge in [0.2, 0.25) is 5.91 Å². The third-order valence-corrected chi connectivity index (χ3v) is 6.29. The molecule has 0 radical (unpaired) electrons. The zero-order valence-electron chi connectivity index (χ0n) is 17.3. The zero-order valence-corrected chi connectivity index (χ0v) is 18.1. The molecule has 8 heteroatoms. The number of rotatable bonds is 9. The van der Waals surface area contributed by atoms with E-state index in [9.17, 15) is 13.2 Å². The molecule has 3 aromatic rings. The predicted octanol–water partition coefficient (Wildman–Crippen LogP) is 3.68. The van der Waals surface area contributed by atoms with Crippen molar-refractivity contribution in [3.63, 3.8) is 0 Å². The van der Waals surface area contributed by atoms with E-state index >= 15 is 0 Å². The highest BCUT2D eigenvalue weighted by Crippen LogP contribution is 2.25. The summed E-state index contributed by atoms with van der Waals surface area (Å²) in [6, 6.07) is 21.8. The van der Waals surface area contributed by atoms with E-state index in [4.69, 9.17) is 9.47 Å². The summed E-state index contributed by atoms with van der Waals surface area (Å²) in [4.78, 5) is 12.8. The summed E-state index contributed by atoms with van der Waals surface area (Å²) in [5, 5.41) is 2.76. The molecule has 1 amide bonds. The lowest BCUT2D eigenvalue weighted by molar-refractivity contribution is -0.114. The number of sulfonamides is 1. The van der Waals surface area contributed by atoms with Crippen LogP contribution >= 0.6 is 0 Å². The summed E-state index contributed by atoms with van der Waals surface area (Å²) in [7, 11) is -0.890. The van der Waals surface area contributed by atoms with Gasteiger partial charge in [-0.05, 0) is 54.1 Å². The third kappa shape index (κ3) is 5.62. The molecule has 0 aliphatic carbocycles. The van der Waals surface area contributed by atoms with Crippen molar-refractivity contribution in [2.24, 2.45) is 0 Å². The minimum absolute atomic E-state index is 0.0621. The minimum atomic E-state index is -3.99. The smallest absolute Gasteiger partial charge is 0.264 e. The fourth-order valence-electron chi connectivity index (χ4n) is 3.02. The molecule has 3 aromatic carbocycles. The molecule has 0 atom stereocenters. The van der Waals surface area contributed by atoms with Crippen LogP contribution in [0, 0.1) is 0 Å². The second kappa shape index (κ2) is 10.1. The largest absolute Gasteiger partial charge is 0.497 e. The first-order chi connectivity index (χ1) is 14.9. The van der Waals surface area contributed by atoms with Gasteiger partial charge in [0.25, 0.3) is 10.0 Å². The average Bonchev–Trinajstić information content (AvgIpc) is 2.78. The second-order valence-corrected chi connectivity index (χ2v) is 8.57. The van der Waals surface area contributed by atoms with Crippen LogP contribution < -0.4 is 14.4 Å². The number of nitrogens with one attached hydrogen (secondary N) is 1. The number of hydrogen-bond donors (Lipinski definition) is 1. The molecule has 0 unspecified atom stereocenters. The molecule has 31 heavy (non-hydrogen) atoms. The van der Waals surface area contributed by atoms with Crippen molar-refractivity contribution in [1.82, 2.24) is 0 Å². The number of ether oxygens (including phenoxy) is 2. The van der Waals surface area contributed by atoms with Crippen molar-refractivity contribution in [2.75, 3.05) is 30.4 Å². The van der Waals surface area contributed by atoms with Gasteiger partial charge in [0.05, 0.1) is 24.3 Å². The summed E-state index contributed by atoms with van der Waals surface area (Å²) in [5.74, 6) is 0.0781. The van der Waals surface area contributed by atoms with E-state index in [1.54, 1.807) is 67.8 Å². The summed E-state index contributed by atoms with van der Waals surface area (Å²) >= 11 is 0. The molecule has 7 nitrogen and oxygen atoms in total. The minimum Gasteiger partial charge on any atom is -0.497 e. The van der Waals surface area contributed by atoms with Gasteiger partial charge in [-0.2, -0.15) is 0 Å². The maximum Gasteiger partial charge on any atom is 0.264 e. The Hall–Kier alpha value is -3.36. The van der Waals surface area contributed by atoms with E-state index in [-0.39, 0.29) is 11.4 Å². The number of nitrogens with zero attached hydrogens (tertiary/aromatic N) is 1. The van der Waals surface area contributed by atoms with Crippen LogP contribution in [0.4, 0.5) is 11.4 Å². The van der Waals surface area contributed by atoms with E-state index in [0.717, 1.165) is 9.87 Å². The van der Waals surface area contributed by atoms with Gasteiger partial charge in [-0.1, -0.05) is 30.3 Å². The first-order valence-corrected chi connectivity index (χ1v) is 11.0. The Bertz CT molecular complexity index is 1120. The quantitative estimate of drug-likeness (QED) is 0.549. The van der Waals surface area contributed by atoms with Gasteiger partial charge in [0.15, 0.2) is 0 Å². The molecule has 1 N–H and O–H groups in total. The Morgan fingerprint density at radius 3 is 2.29 bits per heavy atom. The van der Waals surface area contributed by atoms with Crippen molar-refractivity contribution in [3.8, 4) is 5.75 Å². The first kappa shape index (κ1) is 22.3. The molecule has 162 valence electrons. The monoisotopic (exact) mass is 440 g/mol. The summed E-state index contributed by atoms with van der Waals surface area (Å²) in [5.41, 5.74) is 1.85. The number of benzene rings is 3. The number of anilines is 2. The molecule has 0 spiro atoms. The van der Waals surface area contributed by atoms with Crippen LogP contribution in [0.15, 0.2) is 83.8 Å². The first-order valence-electron chi connectivity index (χ1n) is 9.53. The van der Waals surface area contributed by atoms with Crippen LogP contribution in [-0.2, 0) is 26.2 Å². The second-order valence-electron chi connectivity index (χ2n) is 6.70. The number of para-hydroxylation sites is 1. The van der Waals surface area contributed by atoms with E-state index in [1.165, 1.54) is 19.2 Å². The molecule has 0 aliphatic heterocycles. The Morgan fingerprint density at radius 1 is 0.935 bits per heavy atom. The Balaban J connectivity index is 1.87. The number of carbonyl (C=O) groups is 1. The normalized spacial score (nSPS) is 11.0. The Kier molecular flexibility index (Phi) is 7.28. The van der Waals surface area contributed by atoms with Gasteiger partial charge >= 0.3 is 0 Å². The van der Waals surface area contributed by atoms with Crippen LogP contribution in [0.1, 0.15) is 5.56 Å². The van der Waals surface area contributed by atoms with E-state index in [1.807, 2.05) is 6.07 Å².